The largest absolute Gasteiger partial charge is 0.487 e. The lowest BCUT2D eigenvalue weighted by molar-refractivity contribution is -0.154. The number of ether oxygens (including phenoxy) is 2. The van der Waals surface area contributed by atoms with E-state index in [9.17, 15) is 18.0 Å². The summed E-state index contributed by atoms with van der Waals surface area (Å²) in [7, 11) is 0. The number of carbonyl (C=O) groups excluding carboxylic acids is 1. The molecular formula is C13H13F3O3. The van der Waals surface area contributed by atoms with Crippen molar-refractivity contribution in [2.45, 2.75) is 31.7 Å². The summed E-state index contributed by atoms with van der Waals surface area (Å²) in [4.78, 5) is 11.3. The zero-order valence-corrected chi connectivity index (χ0v) is 10.2. The van der Waals surface area contributed by atoms with Gasteiger partial charge in [0.1, 0.15) is 11.9 Å². The highest BCUT2D eigenvalue weighted by molar-refractivity contribution is 5.90. The number of carbonyl (C=O) groups is 1. The van der Waals surface area contributed by atoms with Gasteiger partial charge < -0.3 is 9.47 Å². The summed E-state index contributed by atoms with van der Waals surface area (Å²) in [5.41, 5.74) is -0.731. The SMILES string of the molecule is CCOC1C(=O)CC1Oc1ccc(C(F)(F)F)cc1. The molecule has 0 saturated heterocycles. The van der Waals surface area contributed by atoms with Crippen molar-refractivity contribution in [3.63, 3.8) is 0 Å². The van der Waals surface area contributed by atoms with Crippen LogP contribution in [0.15, 0.2) is 24.3 Å². The average molecular weight is 274 g/mol. The van der Waals surface area contributed by atoms with E-state index in [1.165, 1.54) is 12.1 Å². The molecule has 0 heterocycles. The van der Waals surface area contributed by atoms with E-state index in [2.05, 4.69) is 0 Å². The molecule has 3 nitrogen and oxygen atoms in total. The fourth-order valence-corrected chi connectivity index (χ4v) is 1.85. The molecule has 1 aromatic rings. The number of alkyl halides is 3. The van der Waals surface area contributed by atoms with Gasteiger partial charge in [-0.2, -0.15) is 13.2 Å². The van der Waals surface area contributed by atoms with Crippen LogP contribution < -0.4 is 4.74 Å². The molecule has 0 aromatic heterocycles. The maximum atomic E-state index is 12.4. The first-order valence-corrected chi connectivity index (χ1v) is 5.90. The van der Waals surface area contributed by atoms with Crippen LogP contribution in [-0.2, 0) is 15.7 Å². The van der Waals surface area contributed by atoms with Gasteiger partial charge in [-0.05, 0) is 31.2 Å². The Kier molecular flexibility index (Phi) is 3.80. The third-order valence-corrected chi connectivity index (χ3v) is 2.87. The third kappa shape index (κ3) is 3.07. The van der Waals surface area contributed by atoms with E-state index in [4.69, 9.17) is 9.47 Å². The quantitative estimate of drug-likeness (QED) is 0.847. The smallest absolute Gasteiger partial charge is 0.416 e. The molecule has 19 heavy (non-hydrogen) atoms. The molecule has 1 aliphatic rings. The van der Waals surface area contributed by atoms with E-state index >= 15 is 0 Å². The van der Waals surface area contributed by atoms with Gasteiger partial charge in [-0.25, -0.2) is 0 Å². The van der Waals surface area contributed by atoms with E-state index in [1.807, 2.05) is 0 Å². The molecule has 1 aromatic carbocycles. The van der Waals surface area contributed by atoms with Crippen LogP contribution in [0, 0.1) is 0 Å². The second-order valence-electron chi connectivity index (χ2n) is 4.22. The van der Waals surface area contributed by atoms with Gasteiger partial charge in [0.25, 0.3) is 0 Å². The molecule has 0 N–H and O–H groups in total. The Morgan fingerprint density at radius 3 is 2.37 bits per heavy atom. The zero-order valence-electron chi connectivity index (χ0n) is 10.2. The molecule has 2 atom stereocenters. The van der Waals surface area contributed by atoms with Crippen molar-refractivity contribution in [3.05, 3.63) is 29.8 Å². The minimum absolute atomic E-state index is 0.0428. The van der Waals surface area contributed by atoms with E-state index in [1.54, 1.807) is 6.92 Å². The van der Waals surface area contributed by atoms with Gasteiger partial charge in [-0.1, -0.05) is 0 Å². The second kappa shape index (κ2) is 5.21. The van der Waals surface area contributed by atoms with Crippen LogP contribution in [-0.4, -0.2) is 24.6 Å². The first-order chi connectivity index (χ1) is 8.91. The molecule has 1 fully saturated rings. The lowest BCUT2D eigenvalue weighted by Crippen LogP contribution is -2.52. The first kappa shape index (κ1) is 13.9. The normalized spacial score (nSPS) is 23.1. The minimum atomic E-state index is -4.36. The van der Waals surface area contributed by atoms with E-state index in [0.29, 0.717) is 12.4 Å². The molecule has 104 valence electrons. The molecule has 0 aliphatic heterocycles. The molecular weight excluding hydrogens is 261 g/mol. The van der Waals surface area contributed by atoms with Crippen molar-refractivity contribution in [2.75, 3.05) is 6.61 Å². The van der Waals surface area contributed by atoms with Crippen LogP contribution in [0.3, 0.4) is 0 Å². The fourth-order valence-electron chi connectivity index (χ4n) is 1.85. The van der Waals surface area contributed by atoms with E-state index in [0.717, 1.165) is 12.1 Å². The van der Waals surface area contributed by atoms with Gasteiger partial charge in [-0.15, -0.1) is 0 Å². The van der Waals surface area contributed by atoms with Crippen LogP contribution in [0.5, 0.6) is 5.75 Å². The highest BCUT2D eigenvalue weighted by atomic mass is 19.4. The Bertz CT molecular complexity index is 453. The minimum Gasteiger partial charge on any atom is -0.487 e. The van der Waals surface area contributed by atoms with Crippen LogP contribution in [0.2, 0.25) is 0 Å². The summed E-state index contributed by atoms with van der Waals surface area (Å²) in [6, 6.07) is 4.39. The number of ketones is 1. The standard InChI is InChI=1S/C13H13F3O3/c1-2-18-12-10(17)7-11(12)19-9-5-3-8(4-6-9)13(14,15)16/h3-6,11-12H,2,7H2,1H3. The summed E-state index contributed by atoms with van der Waals surface area (Å²) in [6.07, 6.45) is -5.15. The van der Waals surface area contributed by atoms with E-state index in [-0.39, 0.29) is 12.2 Å². The van der Waals surface area contributed by atoms with Crippen molar-refractivity contribution >= 4 is 5.78 Å². The molecule has 1 aliphatic carbocycles. The van der Waals surface area contributed by atoms with Gasteiger partial charge >= 0.3 is 6.18 Å². The first-order valence-electron chi connectivity index (χ1n) is 5.90. The molecule has 2 rings (SSSR count). The molecule has 0 radical (unpaired) electrons. The van der Waals surface area contributed by atoms with Crippen LogP contribution in [0.1, 0.15) is 18.9 Å². The number of hydrogen-bond donors (Lipinski definition) is 0. The summed E-state index contributed by atoms with van der Waals surface area (Å²) in [6.45, 7) is 2.16. The van der Waals surface area contributed by atoms with Crippen molar-refractivity contribution in [1.29, 1.82) is 0 Å². The molecule has 6 heteroatoms. The van der Waals surface area contributed by atoms with Crippen LogP contribution in [0.4, 0.5) is 13.2 Å². The highest BCUT2D eigenvalue weighted by Gasteiger charge is 2.42. The maximum Gasteiger partial charge on any atom is 0.416 e. The second-order valence-corrected chi connectivity index (χ2v) is 4.22. The number of halogens is 3. The predicted octanol–water partition coefficient (Wildman–Crippen LogP) is 2.83. The van der Waals surface area contributed by atoms with Crippen molar-refractivity contribution in [1.82, 2.24) is 0 Å². The Balaban J connectivity index is 1.99. The fraction of sp³-hybridized carbons (Fsp3) is 0.462. The van der Waals surface area contributed by atoms with Gasteiger partial charge in [0.2, 0.25) is 0 Å². The third-order valence-electron chi connectivity index (χ3n) is 2.87. The predicted molar refractivity (Wildman–Crippen MR) is 60.9 cm³/mol. The number of hydrogen-bond acceptors (Lipinski definition) is 3. The number of rotatable bonds is 4. The maximum absolute atomic E-state index is 12.4. The van der Waals surface area contributed by atoms with E-state index < -0.39 is 23.9 Å². The summed E-state index contributed by atoms with van der Waals surface area (Å²) in [5, 5.41) is 0. The van der Waals surface area contributed by atoms with Crippen molar-refractivity contribution in [3.8, 4) is 5.75 Å². The monoisotopic (exact) mass is 274 g/mol. The molecule has 0 amide bonds. The highest BCUT2D eigenvalue weighted by Crippen LogP contribution is 2.31. The summed E-state index contributed by atoms with van der Waals surface area (Å²) in [5.74, 6) is 0.258. The Morgan fingerprint density at radius 2 is 1.89 bits per heavy atom. The number of benzene rings is 1. The van der Waals surface area contributed by atoms with Gasteiger partial charge in [0.15, 0.2) is 11.9 Å². The molecule has 0 bridgehead atoms. The molecule has 1 saturated carbocycles. The van der Waals surface area contributed by atoms with Crippen LogP contribution in [0.25, 0.3) is 0 Å². The van der Waals surface area contributed by atoms with Gasteiger partial charge in [0.05, 0.1) is 5.56 Å². The Morgan fingerprint density at radius 1 is 1.26 bits per heavy atom. The van der Waals surface area contributed by atoms with Crippen molar-refractivity contribution < 1.29 is 27.4 Å². The zero-order chi connectivity index (χ0) is 14.0. The Hall–Kier alpha value is -1.56. The van der Waals surface area contributed by atoms with Gasteiger partial charge in [0, 0.05) is 13.0 Å². The Labute approximate surface area is 108 Å². The van der Waals surface area contributed by atoms with Gasteiger partial charge in [-0.3, -0.25) is 4.79 Å². The number of Topliss-reactive ketones (excluding diaryl/α,β-unsaturated/α-hetero) is 1. The summed E-state index contributed by atoms with van der Waals surface area (Å²) < 4.78 is 47.7. The molecule has 2 unspecified atom stereocenters. The van der Waals surface area contributed by atoms with Crippen LogP contribution >= 0.6 is 0 Å². The lowest BCUT2D eigenvalue weighted by Gasteiger charge is -2.34. The summed E-state index contributed by atoms with van der Waals surface area (Å²) >= 11 is 0. The molecule has 0 spiro atoms. The van der Waals surface area contributed by atoms with Crippen molar-refractivity contribution in [2.24, 2.45) is 0 Å². The topological polar surface area (TPSA) is 35.5 Å². The average Bonchev–Trinajstić information content (AvgIpc) is 2.35. The lowest BCUT2D eigenvalue weighted by atomic mass is 9.90.